The van der Waals surface area contributed by atoms with Crippen molar-refractivity contribution in [3.63, 3.8) is 0 Å². The van der Waals surface area contributed by atoms with E-state index in [9.17, 15) is 4.79 Å². The summed E-state index contributed by atoms with van der Waals surface area (Å²) in [6, 6.07) is 7.58. The Kier molecular flexibility index (Phi) is 7.73. The Labute approximate surface area is 121 Å². The zero-order chi connectivity index (χ0) is 14.8. The minimum absolute atomic E-state index is 0.430. The number of carbonyl (C=O) groups is 1. The number of benzene rings is 1. The first-order valence-corrected chi connectivity index (χ1v) is 7.40. The van der Waals surface area contributed by atoms with Crippen molar-refractivity contribution >= 4 is 5.91 Å². The molecule has 0 aliphatic heterocycles. The monoisotopic (exact) mass is 278 g/mol. The molecule has 0 aliphatic rings. The van der Waals surface area contributed by atoms with Gasteiger partial charge in [-0.2, -0.15) is 0 Å². The van der Waals surface area contributed by atoms with Crippen molar-refractivity contribution in [1.82, 2.24) is 0 Å². The molecule has 112 valence electrons. The lowest BCUT2D eigenvalue weighted by Crippen LogP contribution is -2.36. The smallest absolute Gasteiger partial charge is 0.234 e. The molecule has 0 aliphatic carbocycles. The van der Waals surface area contributed by atoms with E-state index in [0.717, 1.165) is 31.6 Å². The average molecular weight is 278 g/mol. The standard InChI is InChI=1S/C16H26N2O2/c1-2-3-4-12-20-14-10-8-13(9-11-14)6-5-7-15(17)16(18)19/h8-11,15H,2-7,12,17H2,1H3,(H2,18,19)/t15-/m0/s1. The molecule has 0 aromatic heterocycles. The number of amides is 1. The first-order valence-electron chi connectivity index (χ1n) is 7.40. The number of rotatable bonds is 10. The Morgan fingerprint density at radius 3 is 2.50 bits per heavy atom. The van der Waals surface area contributed by atoms with Crippen molar-refractivity contribution in [2.45, 2.75) is 51.5 Å². The molecular weight excluding hydrogens is 252 g/mol. The van der Waals surface area contributed by atoms with Crippen LogP contribution in [0.3, 0.4) is 0 Å². The van der Waals surface area contributed by atoms with E-state index in [2.05, 4.69) is 19.1 Å². The molecule has 0 spiro atoms. The van der Waals surface area contributed by atoms with Crippen molar-refractivity contribution in [2.24, 2.45) is 11.5 Å². The number of carbonyl (C=O) groups excluding carboxylic acids is 1. The highest BCUT2D eigenvalue weighted by Crippen LogP contribution is 2.14. The third kappa shape index (κ3) is 6.57. The fourth-order valence-electron chi connectivity index (χ4n) is 1.96. The van der Waals surface area contributed by atoms with Gasteiger partial charge in [0, 0.05) is 0 Å². The molecule has 1 aromatic rings. The zero-order valence-corrected chi connectivity index (χ0v) is 12.3. The van der Waals surface area contributed by atoms with Gasteiger partial charge in [0.15, 0.2) is 0 Å². The fraction of sp³-hybridized carbons (Fsp3) is 0.562. The van der Waals surface area contributed by atoms with E-state index in [1.807, 2.05) is 12.1 Å². The van der Waals surface area contributed by atoms with Crippen molar-refractivity contribution in [1.29, 1.82) is 0 Å². The van der Waals surface area contributed by atoms with Crippen molar-refractivity contribution in [3.8, 4) is 5.75 Å². The summed E-state index contributed by atoms with van der Waals surface area (Å²) in [5.74, 6) is 0.486. The van der Waals surface area contributed by atoms with Gasteiger partial charge in [0.2, 0.25) is 5.91 Å². The maximum atomic E-state index is 10.8. The summed E-state index contributed by atoms with van der Waals surface area (Å²) in [6.07, 6.45) is 5.90. The Hall–Kier alpha value is -1.55. The van der Waals surface area contributed by atoms with Crippen LogP contribution in [0.1, 0.15) is 44.6 Å². The Bertz CT molecular complexity index is 390. The van der Waals surface area contributed by atoms with Crippen LogP contribution in [0.15, 0.2) is 24.3 Å². The normalized spacial score (nSPS) is 12.1. The summed E-state index contributed by atoms with van der Waals surface area (Å²) in [5.41, 5.74) is 11.9. The molecule has 4 N–H and O–H groups in total. The second-order valence-electron chi connectivity index (χ2n) is 5.10. The number of hydrogen-bond acceptors (Lipinski definition) is 3. The highest BCUT2D eigenvalue weighted by Gasteiger charge is 2.08. The molecule has 0 fully saturated rings. The van der Waals surface area contributed by atoms with Crippen LogP contribution in [0.2, 0.25) is 0 Å². The first kappa shape index (κ1) is 16.5. The third-order valence-corrected chi connectivity index (χ3v) is 3.29. The van der Waals surface area contributed by atoms with Crippen LogP contribution in [-0.4, -0.2) is 18.6 Å². The van der Waals surface area contributed by atoms with Crippen LogP contribution in [0.4, 0.5) is 0 Å². The van der Waals surface area contributed by atoms with Crippen LogP contribution < -0.4 is 16.2 Å². The molecule has 4 heteroatoms. The maximum absolute atomic E-state index is 10.8. The summed E-state index contributed by atoms with van der Waals surface area (Å²) < 4.78 is 5.66. The van der Waals surface area contributed by atoms with Gasteiger partial charge in [0.05, 0.1) is 12.6 Å². The van der Waals surface area contributed by atoms with E-state index >= 15 is 0 Å². The molecule has 1 amide bonds. The first-order chi connectivity index (χ1) is 9.63. The number of ether oxygens (including phenoxy) is 1. The molecule has 0 unspecified atom stereocenters. The zero-order valence-electron chi connectivity index (χ0n) is 12.3. The summed E-state index contributed by atoms with van der Waals surface area (Å²) in [7, 11) is 0. The molecule has 0 bridgehead atoms. The number of unbranched alkanes of at least 4 members (excludes halogenated alkanes) is 2. The predicted octanol–water partition coefficient (Wildman–Crippen LogP) is 2.39. The lowest BCUT2D eigenvalue weighted by atomic mass is 10.0. The van der Waals surface area contributed by atoms with Gasteiger partial charge >= 0.3 is 0 Å². The highest BCUT2D eigenvalue weighted by molar-refractivity contribution is 5.79. The predicted molar refractivity (Wildman–Crippen MR) is 81.6 cm³/mol. The van der Waals surface area contributed by atoms with Gasteiger partial charge in [0.25, 0.3) is 0 Å². The van der Waals surface area contributed by atoms with Crippen molar-refractivity contribution in [3.05, 3.63) is 29.8 Å². The molecule has 0 radical (unpaired) electrons. The largest absolute Gasteiger partial charge is 0.494 e. The van der Waals surface area contributed by atoms with Gasteiger partial charge < -0.3 is 16.2 Å². The Morgan fingerprint density at radius 1 is 1.20 bits per heavy atom. The molecule has 0 saturated heterocycles. The molecule has 20 heavy (non-hydrogen) atoms. The van der Waals surface area contributed by atoms with Crippen LogP contribution in [-0.2, 0) is 11.2 Å². The summed E-state index contributed by atoms with van der Waals surface area (Å²) in [6.45, 7) is 2.96. The average Bonchev–Trinajstić information content (AvgIpc) is 2.45. The number of hydrogen-bond donors (Lipinski definition) is 2. The van der Waals surface area contributed by atoms with E-state index in [4.69, 9.17) is 16.2 Å². The Balaban J connectivity index is 2.26. The quantitative estimate of drug-likeness (QED) is 0.645. The minimum Gasteiger partial charge on any atom is -0.494 e. The van der Waals surface area contributed by atoms with Crippen LogP contribution in [0, 0.1) is 0 Å². The van der Waals surface area contributed by atoms with E-state index < -0.39 is 11.9 Å². The van der Waals surface area contributed by atoms with Gasteiger partial charge in [-0.05, 0) is 43.4 Å². The maximum Gasteiger partial charge on any atom is 0.234 e. The van der Waals surface area contributed by atoms with E-state index in [-0.39, 0.29) is 0 Å². The lowest BCUT2D eigenvalue weighted by molar-refractivity contribution is -0.119. The minimum atomic E-state index is -0.531. The summed E-state index contributed by atoms with van der Waals surface area (Å²) >= 11 is 0. The molecule has 1 atom stereocenters. The SMILES string of the molecule is CCCCCOc1ccc(CCC[C@H](N)C(N)=O)cc1. The molecule has 0 heterocycles. The molecule has 4 nitrogen and oxygen atoms in total. The second kappa shape index (κ2) is 9.37. The Morgan fingerprint density at radius 2 is 1.90 bits per heavy atom. The van der Waals surface area contributed by atoms with Crippen LogP contribution >= 0.6 is 0 Å². The fourth-order valence-corrected chi connectivity index (χ4v) is 1.96. The van der Waals surface area contributed by atoms with E-state index in [1.165, 1.54) is 18.4 Å². The van der Waals surface area contributed by atoms with E-state index in [0.29, 0.717) is 6.42 Å². The lowest BCUT2D eigenvalue weighted by Gasteiger charge is -2.08. The summed E-state index contributed by atoms with van der Waals surface area (Å²) in [4.78, 5) is 10.8. The van der Waals surface area contributed by atoms with Crippen molar-refractivity contribution < 1.29 is 9.53 Å². The van der Waals surface area contributed by atoms with E-state index in [1.54, 1.807) is 0 Å². The third-order valence-electron chi connectivity index (χ3n) is 3.29. The summed E-state index contributed by atoms with van der Waals surface area (Å²) in [5, 5.41) is 0. The van der Waals surface area contributed by atoms with Gasteiger partial charge in [-0.15, -0.1) is 0 Å². The van der Waals surface area contributed by atoms with Gasteiger partial charge in [-0.1, -0.05) is 31.9 Å². The highest BCUT2D eigenvalue weighted by atomic mass is 16.5. The molecular formula is C16H26N2O2. The molecule has 1 rings (SSSR count). The molecule has 1 aromatic carbocycles. The number of aryl methyl sites for hydroxylation is 1. The van der Waals surface area contributed by atoms with Gasteiger partial charge in [0.1, 0.15) is 5.75 Å². The van der Waals surface area contributed by atoms with Crippen molar-refractivity contribution in [2.75, 3.05) is 6.61 Å². The van der Waals surface area contributed by atoms with Gasteiger partial charge in [-0.3, -0.25) is 4.79 Å². The second-order valence-corrected chi connectivity index (χ2v) is 5.10. The number of primary amides is 1. The topological polar surface area (TPSA) is 78.3 Å². The molecule has 0 saturated carbocycles. The number of nitrogens with two attached hydrogens (primary N) is 2. The van der Waals surface area contributed by atoms with Crippen LogP contribution in [0.5, 0.6) is 5.75 Å². The van der Waals surface area contributed by atoms with Gasteiger partial charge in [-0.25, -0.2) is 0 Å². The van der Waals surface area contributed by atoms with Crippen LogP contribution in [0.25, 0.3) is 0 Å².